The summed E-state index contributed by atoms with van der Waals surface area (Å²) in [6, 6.07) is 13.3. The molecule has 28 heavy (non-hydrogen) atoms. The van der Waals surface area contributed by atoms with Crippen molar-refractivity contribution in [2.24, 2.45) is 0 Å². The number of nitrogens with two attached hydrogens (primary N) is 1. The summed E-state index contributed by atoms with van der Waals surface area (Å²) in [4.78, 5) is 19.7. The molecule has 7 nitrogen and oxygen atoms in total. The molecule has 0 saturated heterocycles. The monoisotopic (exact) mass is 375 g/mol. The number of anilines is 1. The van der Waals surface area contributed by atoms with E-state index in [1.165, 1.54) is 19.2 Å². The molecule has 0 aliphatic rings. The van der Waals surface area contributed by atoms with Gasteiger partial charge in [0.15, 0.2) is 11.5 Å². The Bertz CT molecular complexity index is 1180. The van der Waals surface area contributed by atoms with Gasteiger partial charge in [-0.1, -0.05) is 18.2 Å². The van der Waals surface area contributed by atoms with Gasteiger partial charge in [-0.25, -0.2) is 9.78 Å². The van der Waals surface area contributed by atoms with Crippen LogP contribution in [0.1, 0.15) is 10.4 Å². The smallest absolute Gasteiger partial charge is 0.347 e. The molecule has 0 amide bonds. The summed E-state index contributed by atoms with van der Waals surface area (Å²) in [5.74, 6) is -0.197. The first-order chi connectivity index (χ1) is 13.6. The lowest BCUT2D eigenvalue weighted by atomic mass is 10.1. The number of para-hydroxylation sites is 1. The van der Waals surface area contributed by atoms with E-state index in [-0.39, 0.29) is 17.1 Å². The lowest BCUT2D eigenvalue weighted by Crippen LogP contribution is -2.09. The van der Waals surface area contributed by atoms with Gasteiger partial charge in [-0.2, -0.15) is 0 Å². The van der Waals surface area contributed by atoms with Crippen molar-refractivity contribution in [3.8, 4) is 28.4 Å². The number of hydrogen-bond acceptors (Lipinski definition) is 6. The molecule has 140 valence electrons. The van der Waals surface area contributed by atoms with Crippen LogP contribution in [0.25, 0.3) is 22.2 Å². The van der Waals surface area contributed by atoms with Gasteiger partial charge < -0.3 is 25.3 Å². The third-order valence-electron chi connectivity index (χ3n) is 4.39. The zero-order valence-corrected chi connectivity index (χ0v) is 15.0. The van der Waals surface area contributed by atoms with E-state index in [2.05, 4.69) is 9.97 Å². The Balaban J connectivity index is 1.66. The molecule has 0 bridgehead atoms. The second kappa shape index (κ2) is 6.96. The average Bonchev–Trinajstić information content (AvgIpc) is 3.09. The molecule has 2 aromatic heterocycles. The van der Waals surface area contributed by atoms with Crippen LogP contribution >= 0.6 is 0 Å². The van der Waals surface area contributed by atoms with E-state index < -0.39 is 5.97 Å². The van der Waals surface area contributed by atoms with Gasteiger partial charge in [-0.05, 0) is 35.9 Å². The molecule has 0 aliphatic heterocycles. The third kappa shape index (κ3) is 3.09. The number of nitrogens with zero attached hydrogens (tertiary/aromatic N) is 1. The molecule has 0 aliphatic carbocycles. The molecular weight excluding hydrogens is 358 g/mol. The molecular formula is C21H17N3O4. The summed E-state index contributed by atoms with van der Waals surface area (Å²) in [6.07, 6.45) is 3.42. The number of nitrogens with one attached hydrogen (secondary N) is 1. The predicted molar refractivity (Wildman–Crippen MR) is 106 cm³/mol. The first-order valence-electron chi connectivity index (χ1n) is 8.48. The number of phenolic OH excluding ortho intramolecular Hbond substituents is 1. The molecule has 0 fully saturated rings. The number of ether oxygens (including phenoxy) is 2. The van der Waals surface area contributed by atoms with Crippen LogP contribution in [0, 0.1) is 0 Å². The SMILES string of the molecule is COc1cc(-c2cnc3[nH]cc(N)c3c2)ccc1OC(=O)c1ccccc1O. The minimum atomic E-state index is -0.674. The maximum atomic E-state index is 12.3. The first kappa shape index (κ1) is 17.4. The van der Waals surface area contributed by atoms with Gasteiger partial charge in [-0.3, -0.25) is 0 Å². The number of phenols is 1. The van der Waals surface area contributed by atoms with Gasteiger partial charge in [0.25, 0.3) is 0 Å². The van der Waals surface area contributed by atoms with Crippen molar-refractivity contribution in [1.29, 1.82) is 0 Å². The Labute approximate surface area is 160 Å². The van der Waals surface area contributed by atoms with Crippen LogP contribution in [0.2, 0.25) is 0 Å². The Morgan fingerprint density at radius 2 is 1.93 bits per heavy atom. The van der Waals surface area contributed by atoms with Crippen LogP contribution in [0.4, 0.5) is 5.69 Å². The summed E-state index contributed by atoms with van der Waals surface area (Å²) in [5, 5.41) is 10.6. The van der Waals surface area contributed by atoms with Crippen LogP contribution in [0.15, 0.2) is 60.9 Å². The van der Waals surface area contributed by atoms with Crippen molar-refractivity contribution in [2.45, 2.75) is 0 Å². The van der Waals surface area contributed by atoms with Gasteiger partial charge in [0.1, 0.15) is 17.0 Å². The molecule has 4 aromatic rings. The molecule has 4 rings (SSSR count). The lowest BCUT2D eigenvalue weighted by Gasteiger charge is -2.12. The number of rotatable bonds is 4. The highest BCUT2D eigenvalue weighted by molar-refractivity contribution is 5.94. The van der Waals surface area contributed by atoms with Crippen LogP contribution < -0.4 is 15.2 Å². The van der Waals surface area contributed by atoms with Gasteiger partial charge in [0.2, 0.25) is 0 Å². The number of aromatic nitrogens is 2. The van der Waals surface area contributed by atoms with E-state index in [1.807, 2.05) is 6.07 Å². The summed E-state index contributed by atoms with van der Waals surface area (Å²) in [5.41, 5.74) is 9.02. The number of fused-ring (bicyclic) bond motifs is 1. The highest BCUT2D eigenvalue weighted by Crippen LogP contribution is 2.34. The fourth-order valence-electron chi connectivity index (χ4n) is 2.91. The van der Waals surface area contributed by atoms with E-state index in [4.69, 9.17) is 15.2 Å². The summed E-state index contributed by atoms with van der Waals surface area (Å²) in [6.45, 7) is 0. The Kier molecular flexibility index (Phi) is 4.33. The van der Waals surface area contributed by atoms with Gasteiger partial charge in [0, 0.05) is 23.3 Å². The van der Waals surface area contributed by atoms with Crippen LogP contribution in [0.5, 0.6) is 17.2 Å². The second-order valence-corrected chi connectivity index (χ2v) is 6.14. The summed E-state index contributed by atoms with van der Waals surface area (Å²) >= 11 is 0. The molecule has 0 atom stereocenters. The minimum absolute atomic E-state index is 0.0752. The number of esters is 1. The van der Waals surface area contributed by atoms with E-state index in [0.717, 1.165) is 16.5 Å². The summed E-state index contributed by atoms with van der Waals surface area (Å²) < 4.78 is 10.8. The Hall–Kier alpha value is -4.00. The molecule has 2 heterocycles. The largest absolute Gasteiger partial charge is 0.507 e. The molecule has 0 saturated carbocycles. The van der Waals surface area contributed by atoms with Crippen LogP contribution in [-0.2, 0) is 0 Å². The number of carbonyl (C=O) groups is 1. The van der Waals surface area contributed by atoms with E-state index in [9.17, 15) is 9.90 Å². The van der Waals surface area contributed by atoms with E-state index in [1.54, 1.807) is 42.7 Å². The van der Waals surface area contributed by atoms with Crippen LogP contribution in [-0.4, -0.2) is 28.2 Å². The van der Waals surface area contributed by atoms with Gasteiger partial charge >= 0.3 is 5.97 Å². The molecule has 0 spiro atoms. The Morgan fingerprint density at radius 1 is 1.11 bits per heavy atom. The summed E-state index contributed by atoms with van der Waals surface area (Å²) in [7, 11) is 1.49. The fraction of sp³-hybridized carbons (Fsp3) is 0.0476. The minimum Gasteiger partial charge on any atom is -0.507 e. The number of hydrogen-bond donors (Lipinski definition) is 3. The quantitative estimate of drug-likeness (QED) is 0.370. The standard InChI is InChI=1S/C21H17N3O4/c1-27-19-9-12(13-8-15-16(22)11-24-20(15)23-10-13)6-7-18(19)28-21(26)14-4-2-3-5-17(14)25/h2-11,25H,22H2,1H3,(H,23,24). The van der Waals surface area contributed by atoms with Gasteiger partial charge in [0.05, 0.1) is 12.8 Å². The lowest BCUT2D eigenvalue weighted by molar-refractivity contribution is 0.0726. The second-order valence-electron chi connectivity index (χ2n) is 6.14. The molecule has 0 radical (unpaired) electrons. The first-order valence-corrected chi connectivity index (χ1v) is 8.48. The van der Waals surface area contributed by atoms with E-state index in [0.29, 0.717) is 17.1 Å². The molecule has 0 unspecified atom stereocenters. The maximum absolute atomic E-state index is 12.3. The molecule has 2 aromatic carbocycles. The average molecular weight is 375 g/mol. The number of nitrogen functional groups attached to an aromatic ring is 1. The number of aromatic amines is 1. The molecule has 7 heteroatoms. The number of aromatic hydroxyl groups is 1. The molecule has 4 N–H and O–H groups in total. The van der Waals surface area contributed by atoms with E-state index >= 15 is 0 Å². The predicted octanol–water partition coefficient (Wildman–Crippen LogP) is 3.75. The third-order valence-corrected chi connectivity index (χ3v) is 4.39. The maximum Gasteiger partial charge on any atom is 0.347 e. The highest BCUT2D eigenvalue weighted by atomic mass is 16.6. The van der Waals surface area contributed by atoms with Crippen molar-refractivity contribution < 1.29 is 19.4 Å². The highest BCUT2D eigenvalue weighted by Gasteiger charge is 2.16. The van der Waals surface area contributed by atoms with Crippen molar-refractivity contribution in [3.63, 3.8) is 0 Å². The van der Waals surface area contributed by atoms with Crippen molar-refractivity contribution in [3.05, 3.63) is 66.5 Å². The zero-order chi connectivity index (χ0) is 19.7. The van der Waals surface area contributed by atoms with Crippen LogP contribution in [0.3, 0.4) is 0 Å². The number of benzene rings is 2. The number of carbonyl (C=O) groups excluding carboxylic acids is 1. The topological polar surface area (TPSA) is 110 Å². The van der Waals surface area contributed by atoms with Gasteiger partial charge in [-0.15, -0.1) is 0 Å². The fourth-order valence-corrected chi connectivity index (χ4v) is 2.91. The number of methoxy groups -OCH3 is 1. The van der Waals surface area contributed by atoms with Crippen molar-refractivity contribution >= 4 is 22.7 Å². The number of pyridine rings is 1. The Morgan fingerprint density at radius 3 is 2.71 bits per heavy atom. The van der Waals surface area contributed by atoms with Crippen molar-refractivity contribution in [2.75, 3.05) is 12.8 Å². The number of H-pyrrole nitrogens is 1. The zero-order valence-electron chi connectivity index (χ0n) is 15.0. The normalized spacial score (nSPS) is 10.8. The van der Waals surface area contributed by atoms with Crippen molar-refractivity contribution in [1.82, 2.24) is 9.97 Å².